The largest absolute Gasteiger partial charge is 0.329 e. The lowest BCUT2D eigenvalue weighted by atomic mass is 10.0. The van der Waals surface area contributed by atoms with Crippen LogP contribution in [0.3, 0.4) is 0 Å². The molecule has 1 aromatic heterocycles. The second-order valence-corrected chi connectivity index (χ2v) is 6.51. The van der Waals surface area contributed by atoms with Crippen LogP contribution in [0.2, 0.25) is 9.49 Å². The maximum Gasteiger partial charge on any atom is 0.285 e. The van der Waals surface area contributed by atoms with Gasteiger partial charge in [0.15, 0.2) is 0 Å². The first-order valence-corrected chi connectivity index (χ1v) is 7.78. The smallest absolute Gasteiger partial charge is 0.285 e. The van der Waals surface area contributed by atoms with E-state index in [-0.39, 0.29) is 16.4 Å². The fourth-order valence-electron chi connectivity index (χ4n) is 2.49. The molecule has 1 aliphatic rings. The first kappa shape index (κ1) is 13.8. The molecule has 1 amide bonds. The minimum Gasteiger partial charge on any atom is -0.329 e. The Balaban J connectivity index is 1.90. The minimum absolute atomic E-state index is 0.00104. The van der Waals surface area contributed by atoms with Gasteiger partial charge < -0.3 is 4.90 Å². The van der Waals surface area contributed by atoms with Gasteiger partial charge >= 0.3 is 0 Å². The highest BCUT2D eigenvalue weighted by atomic mass is 35.5. The van der Waals surface area contributed by atoms with Gasteiger partial charge in [0, 0.05) is 11.6 Å². The zero-order valence-corrected chi connectivity index (χ0v) is 12.8. The van der Waals surface area contributed by atoms with Crippen LogP contribution in [0.5, 0.6) is 0 Å². The van der Waals surface area contributed by atoms with Crippen molar-refractivity contribution in [2.24, 2.45) is 0 Å². The highest BCUT2D eigenvalue weighted by Gasteiger charge is 2.33. The average molecular weight is 328 g/mol. The molecule has 0 bridgehead atoms. The highest BCUT2D eigenvalue weighted by molar-refractivity contribution is 7.17. The third kappa shape index (κ3) is 2.53. The van der Waals surface area contributed by atoms with Gasteiger partial charge in [0.2, 0.25) is 9.47 Å². The number of nitrogens with zero attached hydrogens (tertiary/aromatic N) is 3. The molecule has 1 aliphatic heterocycles. The molecule has 7 heteroatoms. The fourth-order valence-corrected chi connectivity index (χ4v) is 3.54. The average Bonchev–Trinajstić information content (AvgIpc) is 3.07. The normalized spacial score (nSPS) is 18.5. The number of likely N-dealkylation sites (tertiary alicyclic amines) is 1. The van der Waals surface area contributed by atoms with Gasteiger partial charge in [0.1, 0.15) is 0 Å². The number of aromatic nitrogens is 2. The molecule has 2 heterocycles. The maximum absolute atomic E-state index is 12.5. The van der Waals surface area contributed by atoms with E-state index in [9.17, 15) is 4.79 Å². The van der Waals surface area contributed by atoms with Gasteiger partial charge in [-0.25, -0.2) is 0 Å². The van der Waals surface area contributed by atoms with E-state index in [0.717, 1.165) is 29.7 Å². The minimum atomic E-state index is -0.128. The molecular formula is C13H11Cl2N3OS. The van der Waals surface area contributed by atoms with E-state index in [1.807, 2.05) is 24.3 Å². The van der Waals surface area contributed by atoms with E-state index in [2.05, 4.69) is 10.2 Å². The summed E-state index contributed by atoms with van der Waals surface area (Å²) in [6.45, 7) is 0.700. The van der Waals surface area contributed by atoms with Crippen LogP contribution in [0.4, 0.5) is 0 Å². The molecule has 1 saturated heterocycles. The number of carbonyl (C=O) groups excluding carboxylic acids is 1. The number of benzene rings is 1. The monoisotopic (exact) mass is 327 g/mol. The lowest BCUT2D eigenvalue weighted by Gasteiger charge is -2.24. The number of hydrogen-bond donors (Lipinski definition) is 0. The molecule has 0 aliphatic carbocycles. The van der Waals surface area contributed by atoms with Gasteiger partial charge in [-0.2, -0.15) is 0 Å². The van der Waals surface area contributed by atoms with E-state index in [0.29, 0.717) is 16.6 Å². The number of carbonyl (C=O) groups is 1. The van der Waals surface area contributed by atoms with Crippen LogP contribution in [0, 0.1) is 0 Å². The molecular weight excluding hydrogens is 317 g/mol. The molecule has 1 atom stereocenters. The van der Waals surface area contributed by atoms with Gasteiger partial charge in [-0.05, 0) is 36.1 Å². The molecule has 20 heavy (non-hydrogen) atoms. The summed E-state index contributed by atoms with van der Waals surface area (Å²) >= 11 is 13.1. The van der Waals surface area contributed by atoms with Crippen LogP contribution < -0.4 is 0 Å². The van der Waals surface area contributed by atoms with Gasteiger partial charge in [0.05, 0.1) is 6.04 Å². The molecule has 0 N–H and O–H groups in total. The number of rotatable bonds is 2. The standard InChI is InChI=1S/C13H11Cl2N3OS/c14-9-5-2-1-4-8(9)10-6-3-7-18(10)12(19)11-16-17-13(15)20-11/h1-2,4-5,10H,3,6-7H2. The van der Waals surface area contributed by atoms with Crippen LogP contribution >= 0.6 is 34.5 Å². The third-order valence-electron chi connectivity index (χ3n) is 3.36. The predicted molar refractivity (Wildman–Crippen MR) is 79.4 cm³/mol. The van der Waals surface area contributed by atoms with E-state index in [1.165, 1.54) is 0 Å². The van der Waals surface area contributed by atoms with Crippen LogP contribution in [0.15, 0.2) is 24.3 Å². The highest BCUT2D eigenvalue weighted by Crippen LogP contribution is 2.36. The van der Waals surface area contributed by atoms with Gasteiger partial charge in [-0.3, -0.25) is 4.79 Å². The molecule has 0 spiro atoms. The molecule has 3 rings (SSSR count). The summed E-state index contributed by atoms with van der Waals surface area (Å²) in [4.78, 5) is 14.3. The Bertz CT molecular complexity index is 646. The van der Waals surface area contributed by atoms with Gasteiger partial charge in [-0.15, -0.1) is 10.2 Å². The molecule has 1 fully saturated rings. The van der Waals surface area contributed by atoms with Gasteiger partial charge in [0.25, 0.3) is 5.91 Å². The molecule has 0 radical (unpaired) electrons. The zero-order chi connectivity index (χ0) is 14.1. The quantitative estimate of drug-likeness (QED) is 0.842. The molecule has 1 unspecified atom stereocenters. The molecule has 1 aromatic carbocycles. The molecule has 4 nitrogen and oxygen atoms in total. The summed E-state index contributed by atoms with van der Waals surface area (Å²) in [6.07, 6.45) is 1.86. The van der Waals surface area contributed by atoms with Crippen LogP contribution in [-0.2, 0) is 0 Å². The van der Waals surface area contributed by atoms with Crippen LogP contribution in [0.1, 0.15) is 34.2 Å². The molecule has 2 aromatic rings. The Labute approximate surface area is 130 Å². The van der Waals surface area contributed by atoms with Crippen molar-refractivity contribution in [1.82, 2.24) is 15.1 Å². The summed E-state index contributed by atoms with van der Waals surface area (Å²) in [7, 11) is 0. The summed E-state index contributed by atoms with van der Waals surface area (Å²) in [5.74, 6) is -0.128. The van der Waals surface area contributed by atoms with Crippen molar-refractivity contribution >= 4 is 40.4 Å². The summed E-state index contributed by atoms with van der Waals surface area (Å²) in [5.41, 5.74) is 0.982. The number of halogens is 2. The van der Waals surface area contributed by atoms with E-state index < -0.39 is 0 Å². The van der Waals surface area contributed by atoms with E-state index in [1.54, 1.807) is 4.90 Å². The van der Waals surface area contributed by atoms with Crippen molar-refractivity contribution in [2.45, 2.75) is 18.9 Å². The Hall–Kier alpha value is -1.17. The number of hydrogen-bond acceptors (Lipinski definition) is 4. The van der Waals surface area contributed by atoms with Crippen molar-refractivity contribution in [2.75, 3.05) is 6.54 Å². The summed E-state index contributed by atoms with van der Waals surface area (Å²) in [6, 6.07) is 7.63. The van der Waals surface area contributed by atoms with Crippen molar-refractivity contribution in [3.05, 3.63) is 44.3 Å². The molecule has 104 valence electrons. The van der Waals surface area contributed by atoms with Gasteiger partial charge in [-0.1, -0.05) is 41.1 Å². The second kappa shape index (κ2) is 5.68. The SMILES string of the molecule is O=C(c1nnc(Cl)s1)N1CCCC1c1ccccc1Cl. The Morgan fingerprint density at radius 2 is 2.10 bits per heavy atom. The van der Waals surface area contributed by atoms with Crippen molar-refractivity contribution in [3.8, 4) is 0 Å². The van der Waals surface area contributed by atoms with Crippen molar-refractivity contribution in [1.29, 1.82) is 0 Å². The lowest BCUT2D eigenvalue weighted by molar-refractivity contribution is 0.0734. The van der Waals surface area contributed by atoms with Crippen molar-refractivity contribution in [3.63, 3.8) is 0 Å². The summed E-state index contributed by atoms with van der Waals surface area (Å²) in [5, 5.41) is 8.52. The topological polar surface area (TPSA) is 46.1 Å². The number of amides is 1. The Kier molecular flexibility index (Phi) is 3.92. The Morgan fingerprint density at radius 3 is 2.80 bits per heavy atom. The lowest BCUT2D eigenvalue weighted by Crippen LogP contribution is -2.30. The van der Waals surface area contributed by atoms with E-state index in [4.69, 9.17) is 23.2 Å². The third-order valence-corrected chi connectivity index (χ3v) is 4.71. The first-order chi connectivity index (χ1) is 9.66. The zero-order valence-electron chi connectivity index (χ0n) is 10.4. The van der Waals surface area contributed by atoms with Crippen LogP contribution in [-0.4, -0.2) is 27.5 Å². The first-order valence-electron chi connectivity index (χ1n) is 6.21. The Morgan fingerprint density at radius 1 is 1.30 bits per heavy atom. The van der Waals surface area contributed by atoms with Crippen molar-refractivity contribution < 1.29 is 4.79 Å². The van der Waals surface area contributed by atoms with Crippen LogP contribution in [0.25, 0.3) is 0 Å². The predicted octanol–water partition coefficient (Wildman–Crippen LogP) is 3.82. The second-order valence-electron chi connectivity index (χ2n) is 4.54. The fraction of sp³-hybridized carbons (Fsp3) is 0.308. The summed E-state index contributed by atoms with van der Waals surface area (Å²) < 4.78 is 0.279. The molecule has 0 saturated carbocycles. The maximum atomic E-state index is 12.5. The van der Waals surface area contributed by atoms with E-state index >= 15 is 0 Å².